The maximum Gasteiger partial charge on any atom is 0.234 e. The van der Waals surface area contributed by atoms with Gasteiger partial charge < -0.3 is 4.74 Å². The number of H-pyrrole nitrogens is 1. The second kappa shape index (κ2) is 5.09. The summed E-state index contributed by atoms with van der Waals surface area (Å²) in [6.07, 6.45) is 1.62. The first-order chi connectivity index (χ1) is 9.65. The van der Waals surface area contributed by atoms with Crippen molar-refractivity contribution in [3.8, 4) is 11.6 Å². The van der Waals surface area contributed by atoms with Crippen LogP contribution in [0.5, 0.6) is 11.6 Å². The normalized spacial score (nSPS) is 11.2. The summed E-state index contributed by atoms with van der Waals surface area (Å²) in [7, 11) is 0. The van der Waals surface area contributed by atoms with Gasteiger partial charge in [0.25, 0.3) is 0 Å². The van der Waals surface area contributed by atoms with Gasteiger partial charge >= 0.3 is 0 Å². The summed E-state index contributed by atoms with van der Waals surface area (Å²) in [4.78, 5) is 8.19. The topological polar surface area (TPSA) is 63.7 Å². The minimum Gasteiger partial charge on any atom is -0.438 e. The molecule has 102 valence electrons. The lowest BCUT2D eigenvalue weighted by atomic mass is 10.0. The van der Waals surface area contributed by atoms with Crippen molar-refractivity contribution in [2.24, 2.45) is 0 Å². The molecule has 0 spiro atoms. The van der Waals surface area contributed by atoms with Crippen molar-refractivity contribution in [1.29, 1.82) is 0 Å². The summed E-state index contributed by atoms with van der Waals surface area (Å²) in [5.74, 6) is 1.52. The van der Waals surface area contributed by atoms with Gasteiger partial charge in [0.1, 0.15) is 11.1 Å². The molecule has 0 fully saturated rings. The van der Waals surface area contributed by atoms with Crippen LogP contribution in [0, 0.1) is 0 Å². The standard InChI is InChI=1S/C14H13ClN4O/c1-8(2)9-5-3-4-6-11(9)20-13-10-7-16-19-12(10)17-14(15)18-13/h3-8H,1-2H3,(H,16,17,18,19). The summed E-state index contributed by atoms with van der Waals surface area (Å²) >= 11 is 5.90. The zero-order valence-corrected chi connectivity index (χ0v) is 11.8. The first-order valence-electron chi connectivity index (χ1n) is 6.28. The average molecular weight is 289 g/mol. The maximum absolute atomic E-state index is 5.93. The Morgan fingerprint density at radius 1 is 1.20 bits per heavy atom. The Morgan fingerprint density at radius 2 is 2.00 bits per heavy atom. The number of hydrogen-bond acceptors (Lipinski definition) is 4. The van der Waals surface area contributed by atoms with Crippen LogP contribution in [0.4, 0.5) is 0 Å². The van der Waals surface area contributed by atoms with Crippen molar-refractivity contribution in [3.05, 3.63) is 41.3 Å². The van der Waals surface area contributed by atoms with Gasteiger partial charge in [-0.1, -0.05) is 32.0 Å². The molecule has 6 heteroatoms. The van der Waals surface area contributed by atoms with E-state index in [2.05, 4.69) is 34.0 Å². The van der Waals surface area contributed by atoms with Crippen LogP contribution < -0.4 is 4.74 Å². The summed E-state index contributed by atoms with van der Waals surface area (Å²) in [6.45, 7) is 4.23. The number of rotatable bonds is 3. The Labute approximate surface area is 121 Å². The molecule has 2 heterocycles. The molecule has 0 unspecified atom stereocenters. The van der Waals surface area contributed by atoms with E-state index in [-0.39, 0.29) is 5.28 Å². The van der Waals surface area contributed by atoms with E-state index in [1.54, 1.807) is 6.20 Å². The van der Waals surface area contributed by atoms with Crippen LogP contribution in [-0.4, -0.2) is 20.2 Å². The van der Waals surface area contributed by atoms with Crippen molar-refractivity contribution in [2.75, 3.05) is 0 Å². The smallest absolute Gasteiger partial charge is 0.234 e. The molecule has 0 saturated heterocycles. The molecule has 0 radical (unpaired) electrons. The van der Waals surface area contributed by atoms with Gasteiger partial charge in [0.05, 0.1) is 6.20 Å². The number of nitrogens with one attached hydrogen (secondary N) is 1. The van der Waals surface area contributed by atoms with Crippen molar-refractivity contribution in [1.82, 2.24) is 20.2 Å². The first kappa shape index (κ1) is 12.9. The van der Waals surface area contributed by atoms with Crippen molar-refractivity contribution in [2.45, 2.75) is 19.8 Å². The molecule has 0 amide bonds. The number of nitrogens with zero attached hydrogens (tertiary/aromatic N) is 3. The third-order valence-corrected chi connectivity index (χ3v) is 3.16. The van der Waals surface area contributed by atoms with E-state index in [1.165, 1.54) is 0 Å². The molecule has 2 aromatic heterocycles. The van der Waals surface area contributed by atoms with Gasteiger partial charge in [-0.15, -0.1) is 0 Å². The molecular formula is C14H13ClN4O. The largest absolute Gasteiger partial charge is 0.438 e. The number of benzene rings is 1. The monoisotopic (exact) mass is 288 g/mol. The zero-order valence-electron chi connectivity index (χ0n) is 11.1. The highest BCUT2D eigenvalue weighted by Gasteiger charge is 2.13. The van der Waals surface area contributed by atoms with Crippen LogP contribution in [0.15, 0.2) is 30.5 Å². The maximum atomic E-state index is 5.93. The number of fused-ring (bicyclic) bond motifs is 1. The Bertz CT molecular complexity index is 754. The zero-order chi connectivity index (χ0) is 14.1. The van der Waals surface area contributed by atoms with Crippen LogP contribution in [0.25, 0.3) is 11.0 Å². The van der Waals surface area contributed by atoms with E-state index in [1.807, 2.05) is 24.3 Å². The molecule has 3 aromatic rings. The molecule has 5 nitrogen and oxygen atoms in total. The molecule has 20 heavy (non-hydrogen) atoms. The van der Waals surface area contributed by atoms with E-state index < -0.39 is 0 Å². The highest BCUT2D eigenvalue weighted by Crippen LogP contribution is 2.32. The predicted molar refractivity (Wildman–Crippen MR) is 77.3 cm³/mol. The Morgan fingerprint density at radius 3 is 2.80 bits per heavy atom. The van der Waals surface area contributed by atoms with Gasteiger partial charge in [-0.3, -0.25) is 5.10 Å². The van der Waals surface area contributed by atoms with Gasteiger partial charge in [-0.05, 0) is 29.1 Å². The third kappa shape index (κ3) is 2.32. The number of aromatic amines is 1. The van der Waals surface area contributed by atoms with Crippen LogP contribution >= 0.6 is 11.6 Å². The van der Waals surface area contributed by atoms with Crippen molar-refractivity contribution >= 4 is 22.6 Å². The van der Waals surface area contributed by atoms with Gasteiger partial charge in [0, 0.05) is 0 Å². The lowest BCUT2D eigenvalue weighted by Gasteiger charge is -2.13. The van der Waals surface area contributed by atoms with E-state index in [0.29, 0.717) is 22.8 Å². The Balaban J connectivity index is 2.08. The van der Waals surface area contributed by atoms with Crippen molar-refractivity contribution < 1.29 is 4.74 Å². The second-order valence-corrected chi connectivity index (χ2v) is 5.06. The molecule has 0 aliphatic rings. The second-order valence-electron chi connectivity index (χ2n) is 4.72. The first-order valence-corrected chi connectivity index (χ1v) is 6.66. The van der Waals surface area contributed by atoms with E-state index in [9.17, 15) is 0 Å². The molecule has 3 rings (SSSR count). The minimum absolute atomic E-state index is 0.124. The number of aromatic nitrogens is 4. The fraction of sp³-hybridized carbons (Fsp3) is 0.214. The van der Waals surface area contributed by atoms with Crippen LogP contribution in [0.1, 0.15) is 25.3 Å². The number of ether oxygens (including phenoxy) is 1. The fourth-order valence-corrected chi connectivity index (χ4v) is 2.18. The molecule has 0 aliphatic heterocycles. The SMILES string of the molecule is CC(C)c1ccccc1Oc1nc(Cl)nc2[nH]ncc12. The molecule has 1 N–H and O–H groups in total. The molecule has 0 saturated carbocycles. The van der Waals surface area contributed by atoms with E-state index in [0.717, 1.165) is 11.3 Å². The quantitative estimate of drug-likeness (QED) is 0.742. The molecule has 0 aliphatic carbocycles. The molecule has 0 bridgehead atoms. The lowest BCUT2D eigenvalue weighted by molar-refractivity contribution is 0.459. The third-order valence-electron chi connectivity index (χ3n) is 3.00. The van der Waals surface area contributed by atoms with Gasteiger partial charge in [0.15, 0.2) is 5.65 Å². The summed E-state index contributed by atoms with van der Waals surface area (Å²) in [5.41, 5.74) is 1.67. The van der Waals surface area contributed by atoms with E-state index >= 15 is 0 Å². The summed E-state index contributed by atoms with van der Waals surface area (Å²) in [5, 5.41) is 7.52. The number of halogens is 1. The summed E-state index contributed by atoms with van der Waals surface area (Å²) in [6, 6.07) is 7.87. The van der Waals surface area contributed by atoms with Crippen LogP contribution in [0.2, 0.25) is 5.28 Å². The van der Waals surface area contributed by atoms with Gasteiger partial charge in [-0.25, -0.2) is 0 Å². The van der Waals surface area contributed by atoms with Crippen molar-refractivity contribution in [3.63, 3.8) is 0 Å². The molecular weight excluding hydrogens is 276 g/mol. The number of hydrogen-bond donors (Lipinski definition) is 1. The lowest BCUT2D eigenvalue weighted by Crippen LogP contribution is -1.96. The van der Waals surface area contributed by atoms with Crippen LogP contribution in [-0.2, 0) is 0 Å². The number of para-hydroxylation sites is 1. The highest BCUT2D eigenvalue weighted by molar-refractivity contribution is 6.28. The highest BCUT2D eigenvalue weighted by atomic mass is 35.5. The minimum atomic E-state index is 0.124. The Kier molecular flexibility index (Phi) is 3.28. The molecule has 0 atom stereocenters. The fourth-order valence-electron chi connectivity index (χ4n) is 2.01. The Hall–Kier alpha value is -2.14. The van der Waals surface area contributed by atoms with Crippen LogP contribution in [0.3, 0.4) is 0 Å². The summed E-state index contributed by atoms with van der Waals surface area (Å²) < 4.78 is 5.93. The van der Waals surface area contributed by atoms with Gasteiger partial charge in [-0.2, -0.15) is 15.1 Å². The van der Waals surface area contributed by atoms with Gasteiger partial charge in [0.2, 0.25) is 11.2 Å². The average Bonchev–Trinajstić information content (AvgIpc) is 2.87. The van der Waals surface area contributed by atoms with E-state index in [4.69, 9.17) is 16.3 Å². The molecule has 1 aromatic carbocycles. The predicted octanol–water partition coefficient (Wildman–Crippen LogP) is 3.92.